The van der Waals surface area contributed by atoms with Gasteiger partial charge in [0.25, 0.3) is 0 Å². The van der Waals surface area contributed by atoms with Crippen molar-refractivity contribution in [3.63, 3.8) is 0 Å². The van der Waals surface area contributed by atoms with Crippen molar-refractivity contribution >= 4 is 46.6 Å². The van der Waals surface area contributed by atoms with Gasteiger partial charge in [0.1, 0.15) is 11.6 Å². The number of rotatable bonds is 7. The van der Waals surface area contributed by atoms with Gasteiger partial charge in [0.2, 0.25) is 17.7 Å². The fourth-order valence-corrected chi connectivity index (χ4v) is 7.28. The lowest BCUT2D eigenvalue weighted by Gasteiger charge is -2.34. The molecule has 1 aliphatic carbocycles. The van der Waals surface area contributed by atoms with E-state index in [2.05, 4.69) is 10.6 Å². The molecule has 2 aromatic carbocycles. The summed E-state index contributed by atoms with van der Waals surface area (Å²) in [4.78, 5) is 43.4. The molecule has 2 bridgehead atoms. The van der Waals surface area contributed by atoms with Crippen LogP contribution < -0.4 is 10.6 Å². The van der Waals surface area contributed by atoms with Crippen LogP contribution in [0.3, 0.4) is 0 Å². The number of aryl methyl sites for hydroxylation is 1. The molecule has 1 spiro atoms. The van der Waals surface area contributed by atoms with Crippen LogP contribution in [-0.4, -0.2) is 53.0 Å². The molecule has 9 heteroatoms. The number of nitrogens with zero attached hydrogens (tertiary/aromatic N) is 1. The third-order valence-corrected chi connectivity index (χ3v) is 9.67. The summed E-state index contributed by atoms with van der Waals surface area (Å²) in [5.41, 5.74) is 1.14. The van der Waals surface area contributed by atoms with E-state index in [0.717, 1.165) is 36.8 Å². The van der Waals surface area contributed by atoms with Gasteiger partial charge >= 0.3 is 0 Å². The van der Waals surface area contributed by atoms with Crippen molar-refractivity contribution in [3.8, 4) is 0 Å². The monoisotopic (exact) mass is 581 g/mol. The number of carbonyl (C=O) groups excluding carboxylic acids is 3. The number of likely N-dealkylation sites (tertiary alicyclic amines) is 1. The summed E-state index contributed by atoms with van der Waals surface area (Å²) in [5, 5.41) is 7.30. The minimum atomic E-state index is -1.20. The lowest BCUT2D eigenvalue weighted by Crippen LogP contribution is -2.56. The van der Waals surface area contributed by atoms with Crippen LogP contribution >= 0.6 is 23.2 Å². The normalized spacial score (nSPS) is 29.1. The Bertz CT molecular complexity index is 1370. The second kappa shape index (κ2) is 10.8. The van der Waals surface area contributed by atoms with Crippen molar-refractivity contribution in [1.82, 2.24) is 10.2 Å². The van der Waals surface area contributed by atoms with Gasteiger partial charge in [-0.1, -0.05) is 78.9 Å². The SMILES string of the molecule is Cc1ccc(NC(=O)[C@H]2[C@@H]3C=C[C@]4(O3)[C@@H]2C(=O)N(CCc2ccccc2Cl)[C@H]4C(=O)NC2CCCCC2)cc1Cl. The van der Waals surface area contributed by atoms with Crippen LogP contribution in [0.4, 0.5) is 5.69 Å². The third-order valence-electron chi connectivity index (χ3n) is 8.90. The fourth-order valence-electron chi connectivity index (χ4n) is 6.87. The summed E-state index contributed by atoms with van der Waals surface area (Å²) in [6.45, 7) is 2.17. The first-order valence-electron chi connectivity index (χ1n) is 14.1. The highest BCUT2D eigenvalue weighted by Gasteiger charge is 2.72. The predicted molar refractivity (Wildman–Crippen MR) is 154 cm³/mol. The molecule has 5 atom stereocenters. The minimum Gasteiger partial charge on any atom is -0.359 e. The largest absolute Gasteiger partial charge is 0.359 e. The molecule has 3 heterocycles. The minimum absolute atomic E-state index is 0.0742. The standard InChI is InChI=1S/C31H33Cl2N3O4/c1-18-11-12-21(17-23(18)33)35-28(37)25-24-13-15-31(40-24)26(25)30(39)36(16-14-19-7-5-6-10-22(19)32)27(31)29(38)34-20-8-3-2-4-9-20/h5-7,10-13,15,17,20,24-27H,2-4,8-9,14,16H2,1H3,(H,34,38)(H,35,37)/t24-,25-,26-,27-,31-/m0/s1. The van der Waals surface area contributed by atoms with Crippen LogP contribution in [0.1, 0.15) is 43.2 Å². The first kappa shape index (κ1) is 27.3. The molecule has 3 fully saturated rings. The zero-order chi connectivity index (χ0) is 28.0. The Kier molecular flexibility index (Phi) is 7.40. The number of nitrogens with one attached hydrogen (secondary N) is 2. The molecule has 40 heavy (non-hydrogen) atoms. The summed E-state index contributed by atoms with van der Waals surface area (Å²) < 4.78 is 6.45. The molecule has 3 amide bonds. The zero-order valence-electron chi connectivity index (χ0n) is 22.4. The molecule has 2 saturated heterocycles. The van der Waals surface area contributed by atoms with Gasteiger partial charge in [0.05, 0.1) is 17.9 Å². The Hall–Kier alpha value is -2.87. The van der Waals surface area contributed by atoms with Crippen molar-refractivity contribution < 1.29 is 19.1 Å². The molecule has 7 nitrogen and oxygen atoms in total. The number of ether oxygens (including phenoxy) is 1. The van der Waals surface area contributed by atoms with E-state index < -0.39 is 29.6 Å². The van der Waals surface area contributed by atoms with E-state index in [1.165, 1.54) is 6.42 Å². The van der Waals surface area contributed by atoms with Gasteiger partial charge in [-0.2, -0.15) is 0 Å². The lowest BCUT2D eigenvalue weighted by molar-refractivity contribution is -0.141. The molecule has 0 radical (unpaired) electrons. The molecule has 2 aromatic rings. The highest BCUT2D eigenvalue weighted by molar-refractivity contribution is 6.31. The average Bonchev–Trinajstić information content (AvgIpc) is 3.58. The van der Waals surface area contributed by atoms with Crippen molar-refractivity contribution in [2.45, 2.75) is 69.2 Å². The van der Waals surface area contributed by atoms with Gasteiger partial charge in [-0.25, -0.2) is 0 Å². The maximum absolute atomic E-state index is 14.1. The number of halogens is 2. The van der Waals surface area contributed by atoms with Crippen LogP contribution in [-0.2, 0) is 25.5 Å². The van der Waals surface area contributed by atoms with E-state index in [-0.39, 0.29) is 30.3 Å². The second-order valence-electron chi connectivity index (χ2n) is 11.4. The number of carbonyl (C=O) groups is 3. The predicted octanol–water partition coefficient (Wildman–Crippen LogP) is 5.08. The Morgan fingerprint density at radius 1 is 1.05 bits per heavy atom. The van der Waals surface area contributed by atoms with Gasteiger partial charge < -0.3 is 20.3 Å². The lowest BCUT2D eigenvalue weighted by atomic mass is 9.74. The first-order chi connectivity index (χ1) is 19.3. The van der Waals surface area contributed by atoms with Gasteiger partial charge in [0, 0.05) is 28.3 Å². The summed E-state index contributed by atoms with van der Waals surface area (Å²) in [7, 11) is 0. The average molecular weight is 583 g/mol. The van der Waals surface area contributed by atoms with E-state index in [0.29, 0.717) is 22.2 Å². The van der Waals surface area contributed by atoms with Crippen LogP contribution in [0.2, 0.25) is 10.0 Å². The van der Waals surface area contributed by atoms with Gasteiger partial charge in [0.15, 0.2) is 0 Å². The van der Waals surface area contributed by atoms with Crippen molar-refractivity contribution in [1.29, 1.82) is 0 Å². The van der Waals surface area contributed by atoms with E-state index >= 15 is 0 Å². The topological polar surface area (TPSA) is 87.7 Å². The van der Waals surface area contributed by atoms with Gasteiger partial charge in [-0.15, -0.1) is 0 Å². The van der Waals surface area contributed by atoms with Crippen molar-refractivity contribution in [3.05, 3.63) is 75.8 Å². The third kappa shape index (κ3) is 4.72. The molecule has 0 unspecified atom stereocenters. The maximum Gasteiger partial charge on any atom is 0.246 e. The Balaban J connectivity index is 1.30. The van der Waals surface area contributed by atoms with Crippen LogP contribution in [0.5, 0.6) is 0 Å². The number of amides is 3. The number of anilines is 1. The Morgan fingerprint density at radius 2 is 1.82 bits per heavy atom. The number of fused-ring (bicyclic) bond motifs is 1. The van der Waals surface area contributed by atoms with E-state index in [9.17, 15) is 14.4 Å². The first-order valence-corrected chi connectivity index (χ1v) is 14.8. The summed E-state index contributed by atoms with van der Waals surface area (Å²) in [6, 6.07) is 12.0. The highest BCUT2D eigenvalue weighted by atomic mass is 35.5. The quantitative estimate of drug-likeness (QED) is 0.446. The molecular weight excluding hydrogens is 549 g/mol. The molecule has 210 valence electrons. The van der Waals surface area contributed by atoms with Crippen molar-refractivity contribution in [2.75, 3.05) is 11.9 Å². The van der Waals surface area contributed by atoms with E-state index in [1.807, 2.05) is 49.4 Å². The second-order valence-corrected chi connectivity index (χ2v) is 12.2. The summed E-state index contributed by atoms with van der Waals surface area (Å²) in [5.74, 6) is -2.37. The molecule has 1 saturated carbocycles. The Morgan fingerprint density at radius 3 is 2.58 bits per heavy atom. The zero-order valence-corrected chi connectivity index (χ0v) is 23.9. The number of hydrogen-bond donors (Lipinski definition) is 2. The van der Waals surface area contributed by atoms with Crippen molar-refractivity contribution in [2.24, 2.45) is 11.8 Å². The molecular formula is C31H33Cl2N3O4. The van der Waals surface area contributed by atoms with E-state index in [1.54, 1.807) is 17.0 Å². The maximum atomic E-state index is 14.1. The fraction of sp³-hybridized carbons (Fsp3) is 0.452. The van der Waals surface area contributed by atoms with E-state index in [4.69, 9.17) is 27.9 Å². The van der Waals surface area contributed by atoms with Crippen LogP contribution in [0.25, 0.3) is 0 Å². The smallest absolute Gasteiger partial charge is 0.246 e. The number of hydrogen-bond acceptors (Lipinski definition) is 4. The van der Waals surface area contributed by atoms with Gasteiger partial charge in [-0.05, 0) is 55.5 Å². The summed E-state index contributed by atoms with van der Waals surface area (Å²) in [6.07, 6.45) is 8.71. The van der Waals surface area contributed by atoms with Gasteiger partial charge in [-0.3, -0.25) is 14.4 Å². The highest BCUT2D eigenvalue weighted by Crippen LogP contribution is 2.55. The van der Waals surface area contributed by atoms with Crippen LogP contribution in [0, 0.1) is 18.8 Å². The molecule has 4 aliphatic rings. The summed E-state index contributed by atoms with van der Waals surface area (Å²) >= 11 is 12.7. The van der Waals surface area contributed by atoms with Crippen LogP contribution in [0.15, 0.2) is 54.6 Å². The molecule has 3 aliphatic heterocycles. The number of benzene rings is 2. The Labute approximate surface area is 244 Å². The molecule has 2 N–H and O–H groups in total. The molecule has 0 aromatic heterocycles. The molecule has 6 rings (SSSR count).